The van der Waals surface area contributed by atoms with E-state index in [1.807, 2.05) is 36.4 Å². The van der Waals surface area contributed by atoms with Crippen molar-refractivity contribution in [2.75, 3.05) is 5.32 Å². The molecule has 0 bridgehead atoms. The number of carbonyl (C=O) groups is 2. The van der Waals surface area contributed by atoms with Crippen LogP contribution in [0.15, 0.2) is 36.4 Å². The van der Waals surface area contributed by atoms with E-state index >= 15 is 0 Å². The van der Waals surface area contributed by atoms with Gasteiger partial charge in [0.15, 0.2) is 0 Å². The Morgan fingerprint density at radius 2 is 1.79 bits per heavy atom. The lowest BCUT2D eigenvalue weighted by atomic mass is 10.1. The highest BCUT2D eigenvalue weighted by atomic mass is 16.4. The number of hydrogen-bond acceptors (Lipinski definition) is 2. The number of rotatable bonds is 5. The first-order valence-corrected chi connectivity index (χ1v) is 6.42. The average Bonchev–Trinajstić information content (AvgIpc) is 2.92. The zero-order valence-corrected chi connectivity index (χ0v) is 10.6. The molecule has 2 rings (SSSR count). The van der Waals surface area contributed by atoms with Crippen LogP contribution in [-0.4, -0.2) is 17.0 Å². The van der Waals surface area contributed by atoms with Crippen LogP contribution in [0.25, 0.3) is 0 Å². The first-order chi connectivity index (χ1) is 9.15. The molecule has 4 heteroatoms. The van der Waals surface area contributed by atoms with E-state index in [9.17, 15) is 9.59 Å². The van der Waals surface area contributed by atoms with Crippen molar-refractivity contribution in [3.63, 3.8) is 0 Å². The Morgan fingerprint density at radius 3 is 2.37 bits per heavy atom. The number of nitrogens with one attached hydrogen (secondary N) is 1. The third kappa shape index (κ3) is 3.95. The molecule has 0 radical (unpaired) electrons. The van der Waals surface area contributed by atoms with Gasteiger partial charge in [0.1, 0.15) is 0 Å². The predicted molar refractivity (Wildman–Crippen MR) is 72.9 cm³/mol. The Bertz CT molecular complexity index is 483. The molecular formula is C15H17NO3. The number of allylic oxidation sites excluding steroid dienone is 2. The Kier molecular flexibility index (Phi) is 4.34. The van der Waals surface area contributed by atoms with E-state index in [1.165, 1.54) is 0 Å². The summed E-state index contributed by atoms with van der Waals surface area (Å²) in [5, 5.41) is 11.5. The summed E-state index contributed by atoms with van der Waals surface area (Å²) in [5.41, 5.74) is 1.72. The number of anilines is 1. The Labute approximate surface area is 112 Å². The number of hydrogen-bond donors (Lipinski definition) is 2. The van der Waals surface area contributed by atoms with Crippen LogP contribution >= 0.6 is 0 Å². The zero-order valence-electron chi connectivity index (χ0n) is 10.6. The highest BCUT2D eigenvalue weighted by Crippen LogP contribution is 2.20. The molecule has 0 unspecified atom stereocenters. The second-order valence-electron chi connectivity index (χ2n) is 4.72. The molecule has 100 valence electrons. The first kappa shape index (κ1) is 13.3. The molecule has 0 aliphatic heterocycles. The number of benzene rings is 1. The largest absolute Gasteiger partial charge is 0.481 e. The van der Waals surface area contributed by atoms with E-state index in [1.54, 1.807) is 0 Å². The first-order valence-electron chi connectivity index (χ1n) is 6.42. The second-order valence-corrected chi connectivity index (χ2v) is 4.72. The van der Waals surface area contributed by atoms with Crippen molar-refractivity contribution in [2.24, 2.45) is 5.92 Å². The van der Waals surface area contributed by atoms with E-state index in [0.29, 0.717) is 6.42 Å². The van der Waals surface area contributed by atoms with Crippen LogP contribution in [-0.2, 0) is 16.0 Å². The maximum absolute atomic E-state index is 11.9. The molecule has 0 saturated carbocycles. The van der Waals surface area contributed by atoms with Crippen molar-refractivity contribution in [3.05, 3.63) is 42.0 Å². The van der Waals surface area contributed by atoms with Gasteiger partial charge < -0.3 is 10.4 Å². The van der Waals surface area contributed by atoms with E-state index in [4.69, 9.17) is 5.11 Å². The standard InChI is InChI=1S/C15H17NO3/c17-14(18)10-7-11-5-8-13(9-6-11)16-15(19)12-3-1-2-4-12/h1-2,5-6,8-9,12H,3-4,7,10H2,(H,16,19)(H,17,18). The van der Waals surface area contributed by atoms with Crippen molar-refractivity contribution in [1.29, 1.82) is 0 Å². The highest BCUT2D eigenvalue weighted by molar-refractivity contribution is 5.93. The van der Waals surface area contributed by atoms with Crippen molar-refractivity contribution in [1.82, 2.24) is 0 Å². The maximum Gasteiger partial charge on any atom is 0.303 e. The SMILES string of the molecule is O=C(O)CCc1ccc(NC(=O)C2CC=CC2)cc1. The minimum Gasteiger partial charge on any atom is -0.481 e. The van der Waals surface area contributed by atoms with Gasteiger partial charge in [0.25, 0.3) is 0 Å². The van der Waals surface area contributed by atoms with Crippen LogP contribution < -0.4 is 5.32 Å². The fraction of sp³-hybridized carbons (Fsp3) is 0.333. The van der Waals surface area contributed by atoms with Gasteiger partial charge in [0.2, 0.25) is 5.91 Å². The highest BCUT2D eigenvalue weighted by Gasteiger charge is 2.18. The molecule has 4 nitrogen and oxygen atoms in total. The lowest BCUT2D eigenvalue weighted by Crippen LogP contribution is -2.20. The van der Waals surface area contributed by atoms with Crippen LogP contribution in [0.1, 0.15) is 24.8 Å². The van der Waals surface area contributed by atoms with E-state index in [-0.39, 0.29) is 18.2 Å². The van der Waals surface area contributed by atoms with Crippen molar-refractivity contribution >= 4 is 17.6 Å². The topological polar surface area (TPSA) is 66.4 Å². The summed E-state index contributed by atoms with van der Waals surface area (Å²) >= 11 is 0. The average molecular weight is 259 g/mol. The molecule has 1 aliphatic rings. The monoisotopic (exact) mass is 259 g/mol. The Balaban J connectivity index is 1.87. The van der Waals surface area contributed by atoms with Gasteiger partial charge in [-0.15, -0.1) is 0 Å². The van der Waals surface area contributed by atoms with Gasteiger partial charge in [-0.1, -0.05) is 24.3 Å². The lowest BCUT2D eigenvalue weighted by molar-refractivity contribution is -0.137. The molecule has 0 aromatic heterocycles. The summed E-state index contributed by atoms with van der Waals surface area (Å²) < 4.78 is 0. The molecule has 2 N–H and O–H groups in total. The van der Waals surface area contributed by atoms with Gasteiger partial charge in [0, 0.05) is 18.0 Å². The molecule has 0 fully saturated rings. The number of carboxylic acids is 1. The minimum absolute atomic E-state index is 0.0447. The van der Waals surface area contributed by atoms with Crippen molar-refractivity contribution < 1.29 is 14.7 Å². The summed E-state index contributed by atoms with van der Waals surface area (Å²) in [4.78, 5) is 22.4. The molecule has 0 spiro atoms. The molecule has 1 amide bonds. The van der Waals surface area contributed by atoms with Crippen LogP contribution in [0.3, 0.4) is 0 Å². The van der Waals surface area contributed by atoms with Crippen LogP contribution in [0.2, 0.25) is 0 Å². The summed E-state index contributed by atoms with van der Waals surface area (Å²) in [6.45, 7) is 0. The number of carboxylic acid groups (broad SMARTS) is 1. The third-order valence-electron chi connectivity index (χ3n) is 3.23. The molecule has 0 heterocycles. The second kappa shape index (κ2) is 6.18. The summed E-state index contributed by atoms with van der Waals surface area (Å²) in [6, 6.07) is 7.34. The fourth-order valence-electron chi connectivity index (χ4n) is 2.08. The summed E-state index contributed by atoms with van der Waals surface area (Å²) in [7, 11) is 0. The molecule has 1 aromatic rings. The van der Waals surface area contributed by atoms with Gasteiger partial charge >= 0.3 is 5.97 Å². The molecule has 0 atom stereocenters. The van der Waals surface area contributed by atoms with Crippen molar-refractivity contribution in [3.8, 4) is 0 Å². The summed E-state index contributed by atoms with van der Waals surface area (Å²) in [6.07, 6.45) is 6.30. The van der Waals surface area contributed by atoms with E-state index in [2.05, 4.69) is 5.32 Å². The van der Waals surface area contributed by atoms with Crippen LogP contribution in [0.4, 0.5) is 5.69 Å². The zero-order chi connectivity index (χ0) is 13.7. The number of amides is 1. The molecule has 19 heavy (non-hydrogen) atoms. The normalized spacial score (nSPS) is 14.5. The van der Waals surface area contributed by atoms with Crippen molar-refractivity contribution in [2.45, 2.75) is 25.7 Å². The number of carbonyl (C=O) groups excluding carboxylic acids is 1. The Hall–Kier alpha value is -2.10. The minimum atomic E-state index is -0.800. The van der Waals surface area contributed by atoms with Gasteiger partial charge in [-0.05, 0) is 37.0 Å². The van der Waals surface area contributed by atoms with E-state index in [0.717, 1.165) is 24.1 Å². The fourth-order valence-corrected chi connectivity index (χ4v) is 2.08. The van der Waals surface area contributed by atoms with Crippen LogP contribution in [0, 0.1) is 5.92 Å². The quantitative estimate of drug-likeness (QED) is 0.799. The van der Waals surface area contributed by atoms with Gasteiger partial charge in [-0.25, -0.2) is 0 Å². The molecule has 1 aromatic carbocycles. The molecular weight excluding hydrogens is 242 g/mol. The smallest absolute Gasteiger partial charge is 0.303 e. The lowest BCUT2D eigenvalue weighted by Gasteiger charge is -2.10. The van der Waals surface area contributed by atoms with Gasteiger partial charge in [-0.2, -0.15) is 0 Å². The third-order valence-corrected chi connectivity index (χ3v) is 3.23. The Morgan fingerprint density at radius 1 is 1.16 bits per heavy atom. The van der Waals surface area contributed by atoms with Crippen LogP contribution in [0.5, 0.6) is 0 Å². The van der Waals surface area contributed by atoms with E-state index < -0.39 is 5.97 Å². The molecule has 1 aliphatic carbocycles. The number of aryl methyl sites for hydroxylation is 1. The summed E-state index contributed by atoms with van der Waals surface area (Å²) in [5.74, 6) is -0.707. The molecule has 0 saturated heterocycles. The maximum atomic E-state index is 11.9. The van der Waals surface area contributed by atoms with Gasteiger partial charge in [0.05, 0.1) is 0 Å². The number of aliphatic carboxylic acids is 1. The predicted octanol–water partition coefficient (Wildman–Crippen LogP) is 2.61. The van der Waals surface area contributed by atoms with Gasteiger partial charge in [-0.3, -0.25) is 9.59 Å².